The van der Waals surface area contributed by atoms with E-state index in [9.17, 15) is 19.5 Å². The molecule has 0 spiro atoms. The Hall–Kier alpha value is -1.32. The van der Waals surface area contributed by atoms with Crippen LogP contribution in [0.1, 0.15) is 71.1 Å². The molecule has 0 aliphatic heterocycles. The highest BCUT2D eigenvalue weighted by molar-refractivity contribution is 7.99. The summed E-state index contributed by atoms with van der Waals surface area (Å²) in [5.74, 6) is -2.83. The Bertz CT molecular complexity index is 492. The van der Waals surface area contributed by atoms with Gasteiger partial charge in [0.1, 0.15) is 6.10 Å². The van der Waals surface area contributed by atoms with E-state index in [-0.39, 0.29) is 11.5 Å². The summed E-state index contributed by atoms with van der Waals surface area (Å²) in [6.45, 7) is 1.18. The Morgan fingerprint density at radius 3 is 1.90 bits per heavy atom. The zero-order chi connectivity index (χ0) is 21.6. The van der Waals surface area contributed by atoms with Crippen LogP contribution in [0.2, 0.25) is 0 Å². The number of hydrogen-bond donors (Lipinski definition) is 4. The van der Waals surface area contributed by atoms with Gasteiger partial charge in [-0.2, -0.15) is 11.8 Å². The Kier molecular flexibility index (Phi) is 13.0. The standard InChI is InChI=1S/C12H23N.C8H14N2O5S/c1-3-7-11(8-4-1)13-12-9-5-2-6-10-12;1-4(11)10-5(8(14)15)2-16-3-6(12)7(9)13/h11-13H,1-10H2;5-6,12H,2-3H2,1H3,(H2,9,13)(H,10,11)(H,14,15)/t;5-,6?/m.1/s1. The van der Waals surface area contributed by atoms with Crippen molar-refractivity contribution in [3.63, 3.8) is 0 Å². The van der Waals surface area contributed by atoms with E-state index in [1.54, 1.807) is 0 Å². The van der Waals surface area contributed by atoms with Crippen molar-refractivity contribution in [1.82, 2.24) is 5.32 Å². The average Bonchev–Trinajstić information content (AvgIpc) is 2.68. The second kappa shape index (κ2) is 14.6. The van der Waals surface area contributed by atoms with Gasteiger partial charge in [-0.05, 0) is 51.4 Å². The minimum Gasteiger partial charge on any atom is -0.548 e. The Labute approximate surface area is 177 Å². The van der Waals surface area contributed by atoms with Crippen LogP contribution in [0, 0.1) is 0 Å². The second-order valence-corrected chi connectivity index (χ2v) is 9.09. The predicted octanol–water partition coefficient (Wildman–Crippen LogP) is -0.964. The molecule has 0 bridgehead atoms. The minimum atomic E-state index is -1.42. The second-order valence-electron chi connectivity index (χ2n) is 8.02. The highest BCUT2D eigenvalue weighted by atomic mass is 32.2. The largest absolute Gasteiger partial charge is 0.548 e. The van der Waals surface area contributed by atoms with Gasteiger partial charge in [0.25, 0.3) is 0 Å². The number of amides is 2. The number of nitrogens with one attached hydrogen (secondary N) is 1. The summed E-state index contributed by atoms with van der Waals surface area (Å²) in [6, 6.07) is 0.844. The fourth-order valence-corrected chi connectivity index (χ4v) is 4.81. The molecule has 2 saturated carbocycles. The van der Waals surface area contributed by atoms with E-state index < -0.39 is 29.9 Å². The maximum absolute atomic E-state index is 10.6. The summed E-state index contributed by atoms with van der Waals surface area (Å²) < 4.78 is 0. The summed E-state index contributed by atoms with van der Waals surface area (Å²) >= 11 is 0.982. The molecular formula is C20H37N3O5S. The summed E-state index contributed by atoms with van der Waals surface area (Å²) in [6.07, 6.45) is 13.6. The number of hydrogen-bond acceptors (Lipinski definition) is 6. The molecule has 0 heterocycles. The highest BCUT2D eigenvalue weighted by Crippen LogP contribution is 2.18. The number of carbonyl (C=O) groups is 3. The van der Waals surface area contributed by atoms with E-state index in [1.807, 2.05) is 0 Å². The van der Waals surface area contributed by atoms with Crippen molar-refractivity contribution in [2.75, 3.05) is 11.5 Å². The van der Waals surface area contributed by atoms with Crippen molar-refractivity contribution >= 4 is 29.5 Å². The SMILES string of the molecule is C1CCC([NH2+]C2CCCCC2)CC1.CC(=O)N[C@H](CSCC(O)C(N)=O)C(=O)[O-]. The number of carboxylic acids is 1. The molecule has 0 aromatic carbocycles. The summed E-state index contributed by atoms with van der Waals surface area (Å²) in [4.78, 5) is 31.6. The van der Waals surface area contributed by atoms with Crippen LogP contribution in [0.15, 0.2) is 0 Å². The fourth-order valence-electron chi connectivity index (χ4n) is 3.83. The van der Waals surface area contributed by atoms with E-state index >= 15 is 0 Å². The zero-order valence-corrected chi connectivity index (χ0v) is 18.3. The first kappa shape index (κ1) is 25.7. The van der Waals surface area contributed by atoms with Crippen LogP contribution in [0.3, 0.4) is 0 Å². The number of quaternary nitrogens is 1. The van der Waals surface area contributed by atoms with Gasteiger partial charge in [0.2, 0.25) is 11.8 Å². The molecule has 0 aromatic rings. The average molecular weight is 432 g/mol. The lowest BCUT2D eigenvalue weighted by atomic mass is 9.91. The van der Waals surface area contributed by atoms with E-state index in [0.717, 1.165) is 23.8 Å². The van der Waals surface area contributed by atoms with Crippen LogP contribution in [0.5, 0.6) is 0 Å². The lowest BCUT2D eigenvalue weighted by Crippen LogP contribution is -2.95. The van der Waals surface area contributed by atoms with Gasteiger partial charge >= 0.3 is 0 Å². The van der Waals surface area contributed by atoms with Crippen LogP contribution >= 0.6 is 11.8 Å². The summed E-state index contributed by atoms with van der Waals surface area (Å²) in [5.41, 5.74) is 4.79. The highest BCUT2D eigenvalue weighted by Gasteiger charge is 2.22. The minimum absolute atomic E-state index is 0.00769. The monoisotopic (exact) mass is 431 g/mol. The van der Waals surface area contributed by atoms with Crippen molar-refractivity contribution in [3.8, 4) is 0 Å². The van der Waals surface area contributed by atoms with Gasteiger partial charge in [-0.15, -0.1) is 0 Å². The van der Waals surface area contributed by atoms with E-state index in [1.165, 1.54) is 71.1 Å². The molecule has 6 N–H and O–H groups in total. The molecule has 2 aliphatic rings. The third-order valence-electron chi connectivity index (χ3n) is 5.39. The molecule has 168 valence electrons. The van der Waals surface area contributed by atoms with Crippen LogP contribution in [0.4, 0.5) is 0 Å². The van der Waals surface area contributed by atoms with Gasteiger partial charge in [0, 0.05) is 18.4 Å². The van der Waals surface area contributed by atoms with Gasteiger partial charge in [-0.3, -0.25) is 9.59 Å². The van der Waals surface area contributed by atoms with Crippen LogP contribution < -0.4 is 21.5 Å². The Morgan fingerprint density at radius 1 is 1.03 bits per heavy atom. The predicted molar refractivity (Wildman–Crippen MR) is 111 cm³/mol. The first-order chi connectivity index (χ1) is 13.8. The number of carbonyl (C=O) groups excluding carboxylic acids is 3. The van der Waals surface area contributed by atoms with Gasteiger partial charge in [0.15, 0.2) is 0 Å². The lowest BCUT2D eigenvalue weighted by molar-refractivity contribution is -0.725. The van der Waals surface area contributed by atoms with E-state index in [4.69, 9.17) is 10.8 Å². The number of thioether (sulfide) groups is 1. The van der Waals surface area contributed by atoms with Crippen LogP contribution in [-0.2, 0) is 14.4 Å². The first-order valence-electron chi connectivity index (χ1n) is 10.7. The Morgan fingerprint density at radius 2 is 1.52 bits per heavy atom. The maximum Gasteiger partial charge on any atom is 0.247 e. The zero-order valence-electron chi connectivity index (χ0n) is 17.4. The molecule has 1 unspecified atom stereocenters. The molecule has 8 nitrogen and oxygen atoms in total. The van der Waals surface area contributed by atoms with Gasteiger partial charge < -0.3 is 31.4 Å². The number of aliphatic carboxylic acids is 1. The van der Waals surface area contributed by atoms with E-state index in [2.05, 4.69) is 10.6 Å². The molecule has 9 heteroatoms. The number of aliphatic hydroxyl groups is 1. The molecule has 2 amide bonds. The van der Waals surface area contributed by atoms with Gasteiger partial charge in [-0.1, -0.05) is 12.8 Å². The summed E-state index contributed by atoms with van der Waals surface area (Å²) in [7, 11) is 0. The number of nitrogens with two attached hydrogens (primary N) is 2. The third kappa shape index (κ3) is 12.1. The molecule has 0 radical (unpaired) electrons. The first-order valence-corrected chi connectivity index (χ1v) is 11.8. The number of aliphatic hydroxyl groups excluding tert-OH is 1. The number of rotatable bonds is 9. The Balaban J connectivity index is 0.000000294. The molecule has 2 rings (SSSR count). The van der Waals surface area contributed by atoms with Crippen molar-refractivity contribution < 1.29 is 29.9 Å². The maximum atomic E-state index is 10.6. The molecule has 0 saturated heterocycles. The smallest absolute Gasteiger partial charge is 0.247 e. The fraction of sp³-hybridized carbons (Fsp3) is 0.850. The number of primary amides is 1. The number of carboxylic acid groups (broad SMARTS) is 1. The van der Waals surface area contributed by atoms with Crippen LogP contribution in [-0.4, -0.2) is 58.6 Å². The van der Waals surface area contributed by atoms with E-state index in [0.29, 0.717) is 0 Å². The lowest BCUT2D eigenvalue weighted by Gasteiger charge is -2.27. The molecule has 0 aromatic heterocycles. The van der Waals surface area contributed by atoms with Crippen molar-refractivity contribution in [2.24, 2.45) is 5.73 Å². The van der Waals surface area contributed by atoms with Crippen molar-refractivity contribution in [1.29, 1.82) is 0 Å². The van der Waals surface area contributed by atoms with Gasteiger partial charge in [-0.25, -0.2) is 0 Å². The van der Waals surface area contributed by atoms with Gasteiger partial charge in [0.05, 0.1) is 24.1 Å². The molecule has 2 aliphatic carbocycles. The normalized spacial score (nSPS) is 20.1. The summed E-state index contributed by atoms with van der Waals surface area (Å²) in [5, 5.41) is 24.4. The molecule has 29 heavy (non-hydrogen) atoms. The molecule has 2 fully saturated rings. The molecular weight excluding hydrogens is 394 g/mol. The molecule has 2 atom stereocenters. The van der Waals surface area contributed by atoms with Crippen molar-refractivity contribution in [2.45, 2.75) is 95.4 Å². The topological polar surface area (TPSA) is 149 Å². The van der Waals surface area contributed by atoms with Crippen molar-refractivity contribution in [3.05, 3.63) is 0 Å². The van der Waals surface area contributed by atoms with Crippen LogP contribution in [0.25, 0.3) is 0 Å². The quantitative estimate of drug-likeness (QED) is 0.369. The third-order valence-corrected chi connectivity index (χ3v) is 6.52.